The molecule has 0 unspecified atom stereocenters. The van der Waals surface area contributed by atoms with Crippen molar-refractivity contribution in [1.82, 2.24) is 0 Å². The maximum Gasteiger partial charge on any atom is 0.0406 e. The largest absolute Gasteiger partial charge is 0.125 e. The van der Waals surface area contributed by atoms with Crippen molar-refractivity contribution < 1.29 is 0 Å². The minimum absolute atomic E-state index is 0.0294. The topological polar surface area (TPSA) is 0 Å². The van der Waals surface area contributed by atoms with Crippen LogP contribution in [0.3, 0.4) is 0 Å². The van der Waals surface area contributed by atoms with Crippen molar-refractivity contribution in [1.29, 1.82) is 0 Å². The second-order valence-electron chi connectivity index (χ2n) is 3.30. The van der Waals surface area contributed by atoms with Crippen LogP contribution in [0.25, 0.3) is 0 Å². The SMILES string of the molecule is Clc1ccc(CCp2cccc2)cc1. The molecule has 14 heavy (non-hydrogen) atoms. The molecular weight excluding hydrogens is 211 g/mol. The molecule has 0 aliphatic heterocycles. The Balaban J connectivity index is 1.95. The van der Waals surface area contributed by atoms with E-state index in [0.29, 0.717) is 0 Å². The van der Waals surface area contributed by atoms with Gasteiger partial charge in [-0.1, -0.05) is 35.9 Å². The number of aryl methyl sites for hydroxylation is 2. The molecule has 72 valence electrons. The predicted molar refractivity (Wildman–Crippen MR) is 64.3 cm³/mol. The van der Waals surface area contributed by atoms with Crippen molar-refractivity contribution in [3.63, 3.8) is 0 Å². The van der Waals surface area contributed by atoms with E-state index >= 15 is 0 Å². The summed E-state index contributed by atoms with van der Waals surface area (Å²) in [6.45, 7) is 0. The fourth-order valence-electron chi connectivity index (χ4n) is 1.43. The zero-order valence-corrected chi connectivity index (χ0v) is 9.51. The summed E-state index contributed by atoms with van der Waals surface area (Å²) in [5.74, 6) is 4.62. The molecule has 2 rings (SSSR count). The standard InChI is InChI=1S/C12H12ClP/c13-12-5-3-11(4-6-12)7-10-14-8-1-2-9-14/h1-6,8-9H,7,10H2. The van der Waals surface area contributed by atoms with Crippen molar-refractivity contribution in [2.45, 2.75) is 12.6 Å². The van der Waals surface area contributed by atoms with E-state index < -0.39 is 0 Å². The summed E-state index contributed by atoms with van der Waals surface area (Å²) < 4.78 is 0. The van der Waals surface area contributed by atoms with Gasteiger partial charge < -0.3 is 0 Å². The van der Waals surface area contributed by atoms with E-state index in [2.05, 4.69) is 35.9 Å². The van der Waals surface area contributed by atoms with E-state index in [1.165, 1.54) is 11.7 Å². The molecule has 0 nitrogen and oxygen atoms in total. The molecule has 0 fully saturated rings. The molecule has 0 aliphatic rings. The van der Waals surface area contributed by atoms with Crippen molar-refractivity contribution >= 4 is 19.1 Å². The second-order valence-corrected chi connectivity index (χ2v) is 5.81. The number of benzene rings is 1. The molecule has 2 heteroatoms. The molecule has 0 radical (unpaired) electrons. The highest BCUT2D eigenvalue weighted by Gasteiger charge is 1.95. The Morgan fingerprint density at radius 3 is 2.29 bits per heavy atom. The minimum atomic E-state index is 0.0294. The Morgan fingerprint density at radius 1 is 1.00 bits per heavy atom. The van der Waals surface area contributed by atoms with Crippen LogP contribution >= 0.6 is 19.1 Å². The van der Waals surface area contributed by atoms with Gasteiger partial charge in [0.15, 0.2) is 0 Å². The Morgan fingerprint density at radius 2 is 1.64 bits per heavy atom. The monoisotopic (exact) mass is 222 g/mol. The van der Waals surface area contributed by atoms with Gasteiger partial charge in [-0.2, -0.15) is 0 Å². The number of hydrogen-bond acceptors (Lipinski definition) is 0. The number of hydrogen-bond donors (Lipinski definition) is 0. The zero-order valence-electron chi connectivity index (χ0n) is 7.86. The lowest BCUT2D eigenvalue weighted by Gasteiger charge is -2.00. The smallest absolute Gasteiger partial charge is 0.0406 e. The Kier molecular flexibility index (Phi) is 3.29. The first-order valence-electron chi connectivity index (χ1n) is 4.70. The third kappa shape index (κ3) is 2.64. The van der Waals surface area contributed by atoms with Crippen molar-refractivity contribution in [2.75, 3.05) is 0 Å². The molecule has 1 heterocycles. The van der Waals surface area contributed by atoms with Gasteiger partial charge in [-0.15, -0.1) is 7.53 Å². The van der Waals surface area contributed by atoms with Gasteiger partial charge in [0.25, 0.3) is 0 Å². The summed E-state index contributed by atoms with van der Waals surface area (Å²) in [6.07, 6.45) is 2.40. The quantitative estimate of drug-likeness (QED) is 0.714. The third-order valence-corrected chi connectivity index (χ3v) is 4.34. The van der Waals surface area contributed by atoms with Gasteiger partial charge in [-0.25, -0.2) is 0 Å². The second kappa shape index (κ2) is 4.68. The van der Waals surface area contributed by atoms with Crippen LogP contribution in [0.5, 0.6) is 0 Å². The van der Waals surface area contributed by atoms with Crippen LogP contribution in [0, 0.1) is 0 Å². The summed E-state index contributed by atoms with van der Waals surface area (Å²) >= 11 is 5.82. The highest BCUT2D eigenvalue weighted by atomic mass is 35.5. The summed E-state index contributed by atoms with van der Waals surface area (Å²) in [4.78, 5) is 0. The van der Waals surface area contributed by atoms with Crippen LogP contribution in [0.4, 0.5) is 0 Å². The molecule has 2 aromatic rings. The number of rotatable bonds is 3. The minimum Gasteiger partial charge on any atom is -0.125 e. The third-order valence-electron chi connectivity index (χ3n) is 2.24. The van der Waals surface area contributed by atoms with Gasteiger partial charge in [-0.05, 0) is 41.9 Å². The normalized spacial score (nSPS) is 10.4. The van der Waals surface area contributed by atoms with Crippen molar-refractivity contribution in [2.24, 2.45) is 0 Å². The van der Waals surface area contributed by atoms with Crippen LogP contribution in [-0.4, -0.2) is 0 Å². The summed E-state index contributed by atoms with van der Waals surface area (Å²) in [7, 11) is 0.0294. The predicted octanol–water partition coefficient (Wildman–Crippen LogP) is 4.57. The average Bonchev–Trinajstić information content (AvgIpc) is 2.70. The van der Waals surface area contributed by atoms with Gasteiger partial charge >= 0.3 is 0 Å². The molecule has 0 saturated carbocycles. The van der Waals surface area contributed by atoms with E-state index in [4.69, 9.17) is 11.6 Å². The van der Waals surface area contributed by atoms with Crippen LogP contribution in [0.15, 0.2) is 48.0 Å². The van der Waals surface area contributed by atoms with Gasteiger partial charge in [-0.3, -0.25) is 0 Å². The zero-order chi connectivity index (χ0) is 9.80. The van der Waals surface area contributed by atoms with E-state index in [9.17, 15) is 0 Å². The maximum absolute atomic E-state index is 5.82. The van der Waals surface area contributed by atoms with Crippen LogP contribution < -0.4 is 0 Å². The molecule has 1 aromatic heterocycles. The van der Waals surface area contributed by atoms with Gasteiger partial charge in [0.1, 0.15) is 0 Å². The van der Waals surface area contributed by atoms with Gasteiger partial charge in [0, 0.05) is 5.02 Å². The fraction of sp³-hybridized carbons (Fsp3) is 0.167. The first-order chi connectivity index (χ1) is 6.84. The Bertz CT molecular complexity index is 375. The Hall–Kier alpha value is -0.710. The van der Waals surface area contributed by atoms with Crippen LogP contribution in [0.2, 0.25) is 5.02 Å². The molecule has 0 spiro atoms. The summed E-state index contributed by atoms with van der Waals surface area (Å²) in [5.41, 5.74) is 1.38. The van der Waals surface area contributed by atoms with Crippen molar-refractivity contribution in [3.8, 4) is 0 Å². The lowest BCUT2D eigenvalue weighted by molar-refractivity contribution is 1.08. The van der Waals surface area contributed by atoms with E-state index in [-0.39, 0.29) is 7.53 Å². The summed E-state index contributed by atoms with van der Waals surface area (Å²) in [5, 5.41) is 0.820. The molecule has 1 aromatic carbocycles. The van der Waals surface area contributed by atoms with Crippen LogP contribution in [0.1, 0.15) is 5.56 Å². The van der Waals surface area contributed by atoms with Crippen LogP contribution in [-0.2, 0) is 12.6 Å². The van der Waals surface area contributed by atoms with E-state index in [0.717, 1.165) is 11.4 Å². The highest BCUT2D eigenvalue weighted by molar-refractivity contribution is 7.47. The molecule has 0 aliphatic carbocycles. The van der Waals surface area contributed by atoms with Gasteiger partial charge in [0.2, 0.25) is 0 Å². The Labute approximate surface area is 90.6 Å². The van der Waals surface area contributed by atoms with Gasteiger partial charge in [0.05, 0.1) is 0 Å². The maximum atomic E-state index is 5.82. The lowest BCUT2D eigenvalue weighted by atomic mass is 10.2. The number of halogens is 1. The fourth-order valence-corrected chi connectivity index (χ4v) is 3.11. The molecule has 0 bridgehead atoms. The lowest BCUT2D eigenvalue weighted by Crippen LogP contribution is -1.82. The molecule has 0 amide bonds. The molecule has 0 atom stereocenters. The summed E-state index contributed by atoms with van der Waals surface area (Å²) in [6, 6.07) is 12.4. The molecule has 0 N–H and O–H groups in total. The first kappa shape index (κ1) is 9.83. The highest BCUT2D eigenvalue weighted by Crippen LogP contribution is 2.29. The molecule has 0 saturated heterocycles. The van der Waals surface area contributed by atoms with E-state index in [1.54, 1.807) is 0 Å². The molecular formula is C12H12ClP. The van der Waals surface area contributed by atoms with Crippen molar-refractivity contribution in [3.05, 3.63) is 58.6 Å². The van der Waals surface area contributed by atoms with E-state index in [1.807, 2.05) is 12.1 Å². The average molecular weight is 223 g/mol. The first-order valence-corrected chi connectivity index (χ1v) is 6.74.